The van der Waals surface area contributed by atoms with E-state index in [2.05, 4.69) is 33.8 Å². The summed E-state index contributed by atoms with van der Waals surface area (Å²) in [5, 5.41) is 1.56. The number of rotatable bonds is 4. The third kappa shape index (κ3) is 2.90. The maximum atomic E-state index is 13.3. The van der Waals surface area contributed by atoms with Crippen LogP contribution < -0.4 is 0 Å². The molecular weight excluding hydrogens is 364 g/mol. The molecule has 3 fully saturated rings. The Kier molecular flexibility index (Phi) is 5.33. The zero-order valence-electron chi connectivity index (χ0n) is 18.9. The summed E-state index contributed by atoms with van der Waals surface area (Å²) >= 11 is 0. The molecule has 2 saturated carbocycles. The van der Waals surface area contributed by atoms with Gasteiger partial charge in [-0.3, -0.25) is 14.4 Å². The van der Waals surface area contributed by atoms with E-state index >= 15 is 0 Å². The maximum Gasteiger partial charge on any atom is 0.250 e. The number of carbonyl (C=O) groups is 2. The second-order valence-electron chi connectivity index (χ2n) is 10.2. The first kappa shape index (κ1) is 20.9. The van der Waals surface area contributed by atoms with Gasteiger partial charge in [-0.2, -0.15) is 5.06 Å². The molecule has 29 heavy (non-hydrogen) atoms. The molecule has 0 bridgehead atoms. The molecule has 0 aromatic heterocycles. The Bertz CT molecular complexity index is 715. The molecule has 0 N–H and O–H groups in total. The molecule has 4 aliphatic rings. The molecule has 5 heteroatoms. The van der Waals surface area contributed by atoms with Crippen molar-refractivity contribution in [3.63, 3.8) is 0 Å². The fourth-order valence-electron chi connectivity index (χ4n) is 7.67. The van der Waals surface area contributed by atoms with Gasteiger partial charge in [-0.15, -0.1) is 0 Å². The standard InChI is InChI=1S/C24H38N2O3/c1-6-25(7-2)22(28)19-10-9-17-16-8-11-20-24(4,15-13-21(27)26(20)29-5)18(16)12-14-23(17,19)3/h11,16-19H,6-10,12-15H2,1-5H3. The van der Waals surface area contributed by atoms with Crippen LogP contribution in [0.25, 0.3) is 0 Å². The minimum Gasteiger partial charge on any atom is -0.343 e. The lowest BCUT2D eigenvalue weighted by Gasteiger charge is -2.58. The Morgan fingerprint density at radius 1 is 1.17 bits per heavy atom. The number of hydrogen-bond acceptors (Lipinski definition) is 3. The van der Waals surface area contributed by atoms with Crippen molar-refractivity contribution >= 4 is 11.8 Å². The quantitative estimate of drug-likeness (QED) is 0.701. The van der Waals surface area contributed by atoms with Crippen molar-refractivity contribution in [1.29, 1.82) is 0 Å². The molecule has 0 aromatic carbocycles. The lowest BCUT2D eigenvalue weighted by molar-refractivity contribution is -0.184. The first-order chi connectivity index (χ1) is 13.8. The number of hydrogen-bond donors (Lipinski definition) is 0. The van der Waals surface area contributed by atoms with E-state index in [1.54, 1.807) is 12.2 Å². The van der Waals surface area contributed by atoms with E-state index in [4.69, 9.17) is 4.84 Å². The summed E-state index contributed by atoms with van der Waals surface area (Å²) < 4.78 is 0. The molecule has 0 spiro atoms. The highest BCUT2D eigenvalue weighted by Crippen LogP contribution is 2.66. The predicted octanol–water partition coefficient (Wildman–Crippen LogP) is 4.39. The van der Waals surface area contributed by atoms with E-state index in [0.717, 1.165) is 50.9 Å². The van der Waals surface area contributed by atoms with E-state index in [1.165, 1.54) is 6.42 Å². The average Bonchev–Trinajstić information content (AvgIpc) is 3.06. The van der Waals surface area contributed by atoms with Crippen LogP contribution in [0.5, 0.6) is 0 Å². The maximum absolute atomic E-state index is 13.3. The van der Waals surface area contributed by atoms with Crippen LogP contribution in [-0.4, -0.2) is 42.0 Å². The third-order valence-corrected chi connectivity index (χ3v) is 9.28. The van der Waals surface area contributed by atoms with Gasteiger partial charge in [0.2, 0.25) is 5.91 Å². The lowest BCUT2D eigenvalue weighted by Crippen LogP contribution is -2.55. The minimum atomic E-state index is 0.00906. The molecule has 162 valence electrons. The van der Waals surface area contributed by atoms with E-state index in [1.807, 2.05) is 4.90 Å². The Morgan fingerprint density at radius 3 is 2.55 bits per heavy atom. The van der Waals surface area contributed by atoms with E-state index in [0.29, 0.717) is 30.1 Å². The molecule has 3 aliphatic carbocycles. The smallest absolute Gasteiger partial charge is 0.250 e. The molecule has 1 aliphatic heterocycles. The fraction of sp³-hybridized carbons (Fsp3) is 0.833. The number of carbonyl (C=O) groups excluding carboxylic acids is 2. The predicted molar refractivity (Wildman–Crippen MR) is 112 cm³/mol. The summed E-state index contributed by atoms with van der Waals surface area (Å²) in [7, 11) is 1.61. The van der Waals surface area contributed by atoms with Crippen molar-refractivity contribution in [2.75, 3.05) is 20.2 Å². The van der Waals surface area contributed by atoms with Gasteiger partial charge in [-0.05, 0) is 75.5 Å². The Hall–Kier alpha value is -1.36. The normalized spacial score (nSPS) is 41.3. The lowest BCUT2D eigenvalue weighted by atomic mass is 9.49. The number of amides is 2. The molecule has 0 radical (unpaired) electrons. The largest absolute Gasteiger partial charge is 0.343 e. The molecule has 2 amide bonds. The number of fused-ring (bicyclic) bond motifs is 5. The van der Waals surface area contributed by atoms with Crippen LogP contribution >= 0.6 is 0 Å². The zero-order valence-corrected chi connectivity index (χ0v) is 18.9. The zero-order chi connectivity index (χ0) is 21.0. The SMILES string of the molecule is CCN(CC)C(=O)C1CCC2C3CC=C4N(OC)C(=O)CCC4(C)C3CCC12C. The molecule has 0 aromatic rings. The third-order valence-electron chi connectivity index (χ3n) is 9.28. The fourth-order valence-corrected chi connectivity index (χ4v) is 7.67. The van der Waals surface area contributed by atoms with Crippen molar-refractivity contribution in [1.82, 2.24) is 9.96 Å². The molecule has 6 unspecified atom stereocenters. The van der Waals surface area contributed by atoms with Crippen LogP contribution in [0.3, 0.4) is 0 Å². The van der Waals surface area contributed by atoms with E-state index < -0.39 is 0 Å². The Morgan fingerprint density at radius 2 is 1.90 bits per heavy atom. The van der Waals surface area contributed by atoms with Crippen LogP contribution in [0.1, 0.15) is 72.6 Å². The van der Waals surface area contributed by atoms with E-state index in [9.17, 15) is 9.59 Å². The first-order valence-corrected chi connectivity index (χ1v) is 11.7. The second kappa shape index (κ2) is 7.40. The molecule has 1 heterocycles. The van der Waals surface area contributed by atoms with Crippen LogP contribution in [0, 0.1) is 34.5 Å². The molecule has 4 rings (SSSR count). The highest BCUT2D eigenvalue weighted by molar-refractivity contribution is 5.80. The molecular formula is C24H38N2O3. The van der Waals surface area contributed by atoms with Crippen molar-refractivity contribution in [2.24, 2.45) is 34.5 Å². The van der Waals surface area contributed by atoms with Gasteiger partial charge in [0.25, 0.3) is 5.91 Å². The van der Waals surface area contributed by atoms with Crippen LogP contribution in [-0.2, 0) is 14.4 Å². The van der Waals surface area contributed by atoms with Gasteiger partial charge >= 0.3 is 0 Å². The molecule has 5 nitrogen and oxygen atoms in total. The van der Waals surface area contributed by atoms with Gasteiger partial charge in [0.15, 0.2) is 0 Å². The minimum absolute atomic E-state index is 0.00906. The van der Waals surface area contributed by atoms with Crippen molar-refractivity contribution in [3.05, 3.63) is 11.8 Å². The van der Waals surface area contributed by atoms with Crippen molar-refractivity contribution < 1.29 is 14.4 Å². The average molecular weight is 403 g/mol. The van der Waals surface area contributed by atoms with Crippen molar-refractivity contribution in [2.45, 2.75) is 72.6 Å². The molecule has 1 saturated heterocycles. The number of nitrogens with zero attached hydrogens (tertiary/aromatic N) is 2. The highest BCUT2D eigenvalue weighted by atomic mass is 16.7. The van der Waals surface area contributed by atoms with Crippen LogP contribution in [0.15, 0.2) is 11.8 Å². The van der Waals surface area contributed by atoms with Gasteiger partial charge in [-0.25, -0.2) is 0 Å². The van der Waals surface area contributed by atoms with Gasteiger partial charge in [0.05, 0.1) is 12.8 Å². The van der Waals surface area contributed by atoms with Gasteiger partial charge < -0.3 is 4.90 Å². The topological polar surface area (TPSA) is 49.9 Å². The number of piperidine rings is 1. The summed E-state index contributed by atoms with van der Waals surface area (Å²) in [6, 6.07) is 0. The summed E-state index contributed by atoms with van der Waals surface area (Å²) in [6.07, 6.45) is 9.26. The summed E-state index contributed by atoms with van der Waals surface area (Å²) in [5.74, 6) is 2.44. The van der Waals surface area contributed by atoms with Gasteiger partial charge in [0.1, 0.15) is 0 Å². The summed E-state index contributed by atoms with van der Waals surface area (Å²) in [4.78, 5) is 33.2. The first-order valence-electron chi connectivity index (χ1n) is 11.7. The molecule has 6 atom stereocenters. The Labute approximate surface area is 175 Å². The van der Waals surface area contributed by atoms with E-state index in [-0.39, 0.29) is 22.7 Å². The van der Waals surface area contributed by atoms with Crippen LogP contribution in [0.2, 0.25) is 0 Å². The summed E-state index contributed by atoms with van der Waals surface area (Å²) in [6.45, 7) is 10.6. The Balaban J connectivity index is 1.63. The number of hydroxylamine groups is 2. The summed E-state index contributed by atoms with van der Waals surface area (Å²) in [5.41, 5.74) is 1.22. The van der Waals surface area contributed by atoms with Crippen molar-refractivity contribution in [3.8, 4) is 0 Å². The monoisotopic (exact) mass is 402 g/mol. The number of allylic oxidation sites excluding steroid dienone is 2. The second-order valence-corrected chi connectivity index (χ2v) is 10.2. The van der Waals surface area contributed by atoms with Crippen LogP contribution in [0.4, 0.5) is 0 Å². The van der Waals surface area contributed by atoms with Gasteiger partial charge in [-0.1, -0.05) is 19.9 Å². The highest BCUT2D eigenvalue weighted by Gasteiger charge is 2.61. The van der Waals surface area contributed by atoms with Gasteiger partial charge in [0, 0.05) is 30.8 Å².